The lowest BCUT2D eigenvalue weighted by Crippen LogP contribution is -2.61. The fraction of sp³-hybridized carbons (Fsp3) is 0.625. The summed E-state index contributed by atoms with van der Waals surface area (Å²) in [5.41, 5.74) is -0.496. The number of anilines is 2. The molecule has 2 aliphatic rings. The first kappa shape index (κ1) is 18.3. The molecule has 0 unspecified atom stereocenters. The van der Waals surface area contributed by atoms with Crippen molar-refractivity contribution in [2.45, 2.75) is 44.9 Å². The van der Waals surface area contributed by atoms with Crippen molar-refractivity contribution in [2.24, 2.45) is 0 Å². The average Bonchev–Trinajstić information content (AvgIpc) is 2.86. The van der Waals surface area contributed by atoms with Crippen molar-refractivity contribution in [3.05, 3.63) is 23.3 Å². The minimum atomic E-state index is -4.78. The number of aryl methyl sites for hydroxylation is 2. The van der Waals surface area contributed by atoms with E-state index in [4.69, 9.17) is 0 Å². The van der Waals surface area contributed by atoms with Gasteiger partial charge >= 0.3 is 6.18 Å². The van der Waals surface area contributed by atoms with Gasteiger partial charge in [-0.25, -0.2) is 12.7 Å². The van der Waals surface area contributed by atoms with Gasteiger partial charge in [-0.2, -0.15) is 13.2 Å². The first-order valence-electron chi connectivity index (χ1n) is 8.26. The van der Waals surface area contributed by atoms with Crippen LogP contribution in [0.3, 0.4) is 0 Å². The van der Waals surface area contributed by atoms with E-state index in [2.05, 4.69) is 10.6 Å². The maximum absolute atomic E-state index is 13.9. The zero-order chi connectivity index (χ0) is 18.5. The zero-order valence-corrected chi connectivity index (χ0v) is 15.0. The van der Waals surface area contributed by atoms with Crippen LogP contribution in [0.25, 0.3) is 0 Å². The van der Waals surface area contributed by atoms with Gasteiger partial charge in [0.25, 0.3) is 0 Å². The van der Waals surface area contributed by atoms with Crippen LogP contribution < -0.4 is 10.6 Å². The van der Waals surface area contributed by atoms with Crippen LogP contribution in [0.1, 0.15) is 30.4 Å². The summed E-state index contributed by atoms with van der Waals surface area (Å²) >= 11 is 0. The minimum absolute atomic E-state index is 0.272. The molecule has 1 saturated heterocycles. The third kappa shape index (κ3) is 3.31. The topological polar surface area (TPSA) is 61.4 Å². The number of nitrogens with one attached hydrogen (secondary N) is 2. The lowest BCUT2D eigenvalue weighted by molar-refractivity contribution is -0.163. The quantitative estimate of drug-likeness (QED) is 0.849. The SMILES string of the molecule is Cc1cc2c(cc1C)NC(CS(=O)(=O)N1CCCCC1)(C(F)(F)F)N2. The summed E-state index contributed by atoms with van der Waals surface area (Å²) in [5.74, 6) is -1.07. The lowest BCUT2D eigenvalue weighted by atomic mass is 10.1. The van der Waals surface area contributed by atoms with Crippen molar-refractivity contribution in [1.82, 2.24) is 4.31 Å². The molecule has 2 heterocycles. The Labute approximate surface area is 145 Å². The fourth-order valence-corrected chi connectivity index (χ4v) is 5.17. The normalized spacial score (nSPS) is 20.7. The molecule has 9 heteroatoms. The third-order valence-corrected chi connectivity index (χ3v) is 6.87. The molecular weight excluding hydrogens is 355 g/mol. The van der Waals surface area contributed by atoms with Gasteiger partial charge in [-0.3, -0.25) is 0 Å². The lowest BCUT2D eigenvalue weighted by Gasteiger charge is -2.35. The molecule has 1 fully saturated rings. The van der Waals surface area contributed by atoms with Gasteiger partial charge in [-0.1, -0.05) is 6.42 Å². The number of rotatable bonds is 3. The molecule has 0 atom stereocenters. The molecule has 2 N–H and O–H groups in total. The number of benzene rings is 1. The number of nitrogens with zero attached hydrogens (tertiary/aromatic N) is 1. The summed E-state index contributed by atoms with van der Waals surface area (Å²) in [6.45, 7) is 4.16. The molecule has 1 aromatic rings. The zero-order valence-electron chi connectivity index (χ0n) is 14.2. The van der Waals surface area contributed by atoms with E-state index in [1.54, 1.807) is 26.0 Å². The standard InChI is InChI=1S/C16H22F3N3O2S/c1-11-8-13-14(9-12(11)2)21-15(20-13,16(17,18)19)10-25(23,24)22-6-4-3-5-7-22/h8-9,20-21H,3-7,10H2,1-2H3. The summed E-state index contributed by atoms with van der Waals surface area (Å²) < 4.78 is 68.0. The van der Waals surface area contributed by atoms with Crippen molar-refractivity contribution >= 4 is 21.4 Å². The smallest absolute Gasteiger partial charge is 0.353 e. The van der Waals surface area contributed by atoms with Crippen LogP contribution in [0.2, 0.25) is 0 Å². The molecule has 0 spiro atoms. The summed E-state index contributed by atoms with van der Waals surface area (Å²) in [6.07, 6.45) is -2.52. The average molecular weight is 377 g/mol. The molecule has 0 aromatic heterocycles. The fourth-order valence-electron chi connectivity index (χ4n) is 3.32. The van der Waals surface area contributed by atoms with Gasteiger partial charge in [0, 0.05) is 13.1 Å². The molecule has 0 aliphatic carbocycles. The van der Waals surface area contributed by atoms with E-state index in [-0.39, 0.29) is 24.5 Å². The minimum Gasteiger partial charge on any atom is -0.353 e. The van der Waals surface area contributed by atoms with Gasteiger partial charge in [0.1, 0.15) is 5.75 Å². The number of fused-ring (bicyclic) bond motifs is 1. The van der Waals surface area contributed by atoms with Crippen molar-refractivity contribution in [3.8, 4) is 0 Å². The first-order chi connectivity index (χ1) is 11.5. The highest BCUT2D eigenvalue weighted by atomic mass is 32.2. The molecule has 0 bridgehead atoms. The Morgan fingerprint density at radius 1 is 1.04 bits per heavy atom. The number of hydrogen-bond acceptors (Lipinski definition) is 4. The van der Waals surface area contributed by atoms with Crippen LogP contribution in [-0.2, 0) is 10.0 Å². The Kier molecular flexibility index (Phi) is 4.43. The van der Waals surface area contributed by atoms with Crippen LogP contribution in [0.4, 0.5) is 24.5 Å². The van der Waals surface area contributed by atoms with Crippen molar-refractivity contribution in [3.63, 3.8) is 0 Å². The van der Waals surface area contributed by atoms with Gasteiger partial charge in [-0.05, 0) is 49.9 Å². The summed E-state index contributed by atoms with van der Waals surface area (Å²) in [7, 11) is -4.06. The Hall–Kier alpha value is -1.48. The number of hydrogen-bond donors (Lipinski definition) is 2. The van der Waals surface area contributed by atoms with Crippen LogP contribution in [0, 0.1) is 13.8 Å². The maximum atomic E-state index is 13.9. The Balaban J connectivity index is 1.94. The highest BCUT2D eigenvalue weighted by molar-refractivity contribution is 7.89. The molecule has 25 heavy (non-hydrogen) atoms. The maximum Gasteiger partial charge on any atom is 0.431 e. The van der Waals surface area contributed by atoms with Crippen molar-refractivity contribution in [1.29, 1.82) is 0 Å². The number of halogens is 3. The molecule has 5 nitrogen and oxygen atoms in total. The number of sulfonamides is 1. The summed E-state index contributed by atoms with van der Waals surface area (Å²) in [6, 6.07) is 3.22. The van der Waals surface area contributed by atoms with Crippen molar-refractivity contribution in [2.75, 3.05) is 29.5 Å². The second kappa shape index (κ2) is 6.05. The predicted molar refractivity (Wildman–Crippen MR) is 91.2 cm³/mol. The van der Waals surface area contributed by atoms with Gasteiger partial charge in [0.2, 0.25) is 15.7 Å². The molecule has 0 saturated carbocycles. The van der Waals surface area contributed by atoms with E-state index in [9.17, 15) is 21.6 Å². The Morgan fingerprint density at radius 3 is 1.96 bits per heavy atom. The number of piperidine rings is 1. The van der Waals surface area contributed by atoms with E-state index in [1.165, 1.54) is 4.31 Å². The van der Waals surface area contributed by atoms with E-state index in [0.717, 1.165) is 17.5 Å². The van der Waals surface area contributed by atoms with Crippen LogP contribution in [0.5, 0.6) is 0 Å². The van der Waals surface area contributed by atoms with Gasteiger partial charge in [0.05, 0.1) is 11.4 Å². The second-order valence-corrected chi connectivity index (χ2v) is 8.82. The van der Waals surface area contributed by atoms with E-state index in [1.807, 2.05) is 0 Å². The predicted octanol–water partition coefficient (Wildman–Crippen LogP) is 3.22. The molecular formula is C16H22F3N3O2S. The molecule has 140 valence electrons. The highest BCUT2D eigenvalue weighted by Crippen LogP contribution is 2.44. The van der Waals surface area contributed by atoms with Gasteiger partial charge in [-0.15, -0.1) is 0 Å². The third-order valence-electron chi connectivity index (χ3n) is 4.92. The largest absolute Gasteiger partial charge is 0.431 e. The molecule has 1 aromatic carbocycles. The first-order valence-corrected chi connectivity index (χ1v) is 9.87. The molecule has 3 rings (SSSR count). The monoisotopic (exact) mass is 377 g/mol. The summed E-state index contributed by atoms with van der Waals surface area (Å²) in [4.78, 5) is 0. The van der Waals surface area contributed by atoms with E-state index >= 15 is 0 Å². The van der Waals surface area contributed by atoms with E-state index < -0.39 is 27.6 Å². The summed E-state index contributed by atoms with van der Waals surface area (Å²) in [5, 5.41) is 4.82. The highest BCUT2D eigenvalue weighted by Gasteiger charge is 2.61. The second-order valence-electron chi connectivity index (χ2n) is 6.85. The van der Waals surface area contributed by atoms with Gasteiger partial charge < -0.3 is 10.6 Å². The molecule has 0 amide bonds. The van der Waals surface area contributed by atoms with Crippen LogP contribution in [-0.4, -0.2) is 43.4 Å². The van der Waals surface area contributed by atoms with Crippen LogP contribution >= 0.6 is 0 Å². The van der Waals surface area contributed by atoms with Crippen LogP contribution in [0.15, 0.2) is 12.1 Å². The number of alkyl halides is 3. The van der Waals surface area contributed by atoms with Gasteiger partial charge in [0.15, 0.2) is 0 Å². The Bertz CT molecular complexity index is 741. The Morgan fingerprint density at radius 2 is 1.52 bits per heavy atom. The molecule has 2 aliphatic heterocycles. The molecule has 0 radical (unpaired) electrons. The van der Waals surface area contributed by atoms with Crippen molar-refractivity contribution < 1.29 is 21.6 Å². The van der Waals surface area contributed by atoms with E-state index in [0.29, 0.717) is 12.8 Å².